The first-order chi connectivity index (χ1) is 11.1. The van der Waals surface area contributed by atoms with E-state index in [0.29, 0.717) is 14.8 Å². The Hall–Kier alpha value is -2.00. The van der Waals surface area contributed by atoms with E-state index >= 15 is 0 Å². The maximum absolute atomic E-state index is 14.1. The van der Waals surface area contributed by atoms with Gasteiger partial charge in [-0.1, -0.05) is 15.9 Å². The molecule has 9 heteroatoms. The summed E-state index contributed by atoms with van der Waals surface area (Å²) in [7, 11) is -4.38. The molecule has 2 aromatic rings. The van der Waals surface area contributed by atoms with Gasteiger partial charge in [-0.25, -0.2) is 26.3 Å². The van der Waals surface area contributed by atoms with Gasteiger partial charge in [-0.05, 0) is 43.3 Å². The summed E-state index contributed by atoms with van der Waals surface area (Å²) in [5, 5.41) is 9.20. The number of rotatable bonds is 5. The Morgan fingerprint density at radius 1 is 1.17 bits per heavy atom. The summed E-state index contributed by atoms with van der Waals surface area (Å²) in [4.78, 5) is 11.1. The average Bonchev–Trinajstić information content (AvgIpc) is 2.49. The van der Waals surface area contributed by atoms with Crippen molar-refractivity contribution >= 4 is 37.6 Å². The van der Waals surface area contributed by atoms with Gasteiger partial charge in [0.2, 0.25) is 0 Å². The highest BCUT2D eigenvalue weighted by Gasteiger charge is 2.35. The molecule has 5 nitrogen and oxygen atoms in total. The summed E-state index contributed by atoms with van der Waals surface area (Å²) in [5.41, 5.74) is -0.547. The van der Waals surface area contributed by atoms with Gasteiger partial charge in [0.25, 0.3) is 10.0 Å². The van der Waals surface area contributed by atoms with Crippen LogP contribution in [0.4, 0.5) is 14.5 Å². The molecule has 0 amide bonds. The first kappa shape index (κ1) is 18.3. The predicted octanol–water partition coefficient (Wildman–Crippen LogP) is 3.40. The molecule has 1 unspecified atom stereocenters. The highest BCUT2D eigenvalue weighted by atomic mass is 79.9. The minimum absolute atomic E-state index is 0.220. The van der Waals surface area contributed by atoms with Gasteiger partial charge in [0, 0.05) is 10.5 Å². The van der Waals surface area contributed by atoms with E-state index in [9.17, 15) is 27.1 Å². The van der Waals surface area contributed by atoms with Crippen molar-refractivity contribution in [1.29, 1.82) is 0 Å². The Morgan fingerprint density at radius 3 is 2.25 bits per heavy atom. The molecule has 0 aromatic heterocycles. The molecular weight excluding hydrogens is 408 g/mol. The zero-order valence-corrected chi connectivity index (χ0v) is 14.7. The van der Waals surface area contributed by atoms with Crippen molar-refractivity contribution in [2.45, 2.75) is 17.9 Å². The van der Waals surface area contributed by atoms with Gasteiger partial charge < -0.3 is 5.11 Å². The number of benzene rings is 2. The molecule has 0 aliphatic carbocycles. The Bertz CT molecular complexity index is 872. The molecular formula is C15H12BrF2NO4S. The number of halogens is 3. The molecule has 0 aliphatic rings. The second kappa shape index (κ2) is 6.86. The second-order valence-corrected chi connectivity index (χ2v) is 7.60. The molecule has 0 heterocycles. The molecule has 2 aromatic carbocycles. The van der Waals surface area contributed by atoms with E-state index in [1.807, 2.05) is 0 Å². The van der Waals surface area contributed by atoms with Crippen molar-refractivity contribution in [2.75, 3.05) is 4.31 Å². The van der Waals surface area contributed by atoms with Gasteiger partial charge in [-0.2, -0.15) is 0 Å². The van der Waals surface area contributed by atoms with Crippen LogP contribution in [0.15, 0.2) is 51.8 Å². The third kappa shape index (κ3) is 3.57. The second-order valence-electron chi connectivity index (χ2n) is 4.86. The molecule has 0 aliphatic heterocycles. The average molecular weight is 420 g/mol. The molecule has 0 radical (unpaired) electrons. The third-order valence-electron chi connectivity index (χ3n) is 3.23. The van der Waals surface area contributed by atoms with Crippen LogP contribution in [0.3, 0.4) is 0 Å². The van der Waals surface area contributed by atoms with Crippen LogP contribution in [0.25, 0.3) is 0 Å². The first-order valence-electron chi connectivity index (χ1n) is 6.62. The van der Waals surface area contributed by atoms with Gasteiger partial charge in [-0.15, -0.1) is 0 Å². The standard InChI is InChI=1S/C15H12BrF2NO4S/c1-9(15(20)21)19(14-7-4-11(17)8-13(14)18)24(22,23)12-5-2-10(16)3-6-12/h2-9H,1H3,(H,20,21). The van der Waals surface area contributed by atoms with Crippen LogP contribution in [0.2, 0.25) is 0 Å². The number of hydrogen-bond donors (Lipinski definition) is 1. The lowest BCUT2D eigenvalue weighted by atomic mass is 10.2. The number of carbonyl (C=O) groups is 1. The largest absolute Gasteiger partial charge is 0.480 e. The fourth-order valence-corrected chi connectivity index (χ4v) is 3.91. The first-order valence-corrected chi connectivity index (χ1v) is 8.86. The topological polar surface area (TPSA) is 74.7 Å². The lowest BCUT2D eigenvalue weighted by Crippen LogP contribution is -2.43. The quantitative estimate of drug-likeness (QED) is 0.805. The van der Waals surface area contributed by atoms with E-state index in [2.05, 4.69) is 15.9 Å². The van der Waals surface area contributed by atoms with Crippen molar-refractivity contribution in [3.05, 3.63) is 58.6 Å². The van der Waals surface area contributed by atoms with E-state index in [1.165, 1.54) is 24.3 Å². The van der Waals surface area contributed by atoms with Crippen molar-refractivity contribution < 1.29 is 27.1 Å². The monoisotopic (exact) mass is 419 g/mol. The SMILES string of the molecule is CC(C(=O)O)N(c1ccc(F)cc1F)S(=O)(=O)c1ccc(Br)cc1. The smallest absolute Gasteiger partial charge is 0.327 e. The Labute approximate surface area is 145 Å². The normalized spacial score (nSPS) is 12.7. The maximum atomic E-state index is 14.1. The molecule has 128 valence electrons. The van der Waals surface area contributed by atoms with Crippen molar-refractivity contribution in [2.24, 2.45) is 0 Å². The van der Waals surface area contributed by atoms with E-state index in [4.69, 9.17) is 0 Å². The summed E-state index contributed by atoms with van der Waals surface area (Å²) in [6.07, 6.45) is 0. The van der Waals surface area contributed by atoms with Gasteiger partial charge in [0.05, 0.1) is 10.6 Å². The van der Waals surface area contributed by atoms with Gasteiger partial charge >= 0.3 is 5.97 Å². The van der Waals surface area contributed by atoms with Crippen molar-refractivity contribution in [3.8, 4) is 0 Å². The summed E-state index contributed by atoms with van der Waals surface area (Å²) >= 11 is 3.16. The van der Waals surface area contributed by atoms with Gasteiger partial charge in [-0.3, -0.25) is 0 Å². The minimum Gasteiger partial charge on any atom is -0.480 e. The van der Waals surface area contributed by atoms with Crippen LogP contribution in [0.1, 0.15) is 6.92 Å². The fraction of sp³-hybridized carbons (Fsp3) is 0.133. The summed E-state index contributed by atoms with van der Waals surface area (Å²) in [5.74, 6) is -3.55. The number of sulfonamides is 1. The van der Waals surface area contributed by atoms with Crippen LogP contribution in [0.5, 0.6) is 0 Å². The lowest BCUT2D eigenvalue weighted by Gasteiger charge is -2.28. The zero-order chi connectivity index (χ0) is 18.1. The van der Waals surface area contributed by atoms with E-state index in [0.717, 1.165) is 19.1 Å². The van der Waals surface area contributed by atoms with E-state index in [-0.39, 0.29) is 4.90 Å². The molecule has 0 bridgehead atoms. The summed E-state index contributed by atoms with van der Waals surface area (Å²) in [6, 6.07) is 6.06. The molecule has 24 heavy (non-hydrogen) atoms. The highest BCUT2D eigenvalue weighted by molar-refractivity contribution is 9.10. The number of aliphatic carboxylic acids is 1. The third-order valence-corrected chi connectivity index (χ3v) is 5.65. The van der Waals surface area contributed by atoms with Crippen LogP contribution in [-0.2, 0) is 14.8 Å². The molecule has 0 saturated heterocycles. The molecule has 0 fully saturated rings. The number of carboxylic acids is 1. The van der Waals surface area contributed by atoms with Gasteiger partial charge in [0.1, 0.15) is 17.7 Å². The van der Waals surface area contributed by atoms with E-state index in [1.54, 1.807) is 0 Å². The summed E-state index contributed by atoms with van der Waals surface area (Å²) < 4.78 is 53.9. The Balaban J connectivity index is 2.66. The molecule has 1 atom stereocenters. The zero-order valence-electron chi connectivity index (χ0n) is 12.3. The summed E-state index contributed by atoms with van der Waals surface area (Å²) in [6.45, 7) is 1.10. The van der Waals surface area contributed by atoms with Crippen LogP contribution >= 0.6 is 15.9 Å². The molecule has 2 rings (SSSR count). The van der Waals surface area contributed by atoms with Crippen molar-refractivity contribution in [1.82, 2.24) is 0 Å². The fourth-order valence-electron chi connectivity index (χ4n) is 2.03. The molecule has 0 spiro atoms. The lowest BCUT2D eigenvalue weighted by molar-refractivity contribution is -0.137. The van der Waals surface area contributed by atoms with Crippen LogP contribution < -0.4 is 4.31 Å². The number of nitrogens with zero attached hydrogens (tertiary/aromatic N) is 1. The Kier molecular flexibility index (Phi) is 5.24. The number of carboxylic acid groups (broad SMARTS) is 1. The molecule has 0 saturated carbocycles. The Morgan fingerprint density at radius 2 is 1.75 bits per heavy atom. The van der Waals surface area contributed by atoms with Gasteiger partial charge in [0.15, 0.2) is 0 Å². The number of hydrogen-bond acceptors (Lipinski definition) is 3. The number of anilines is 1. The van der Waals surface area contributed by atoms with Crippen LogP contribution in [-0.4, -0.2) is 25.5 Å². The molecule has 1 N–H and O–H groups in total. The van der Waals surface area contributed by atoms with Crippen molar-refractivity contribution in [3.63, 3.8) is 0 Å². The van der Waals surface area contributed by atoms with Crippen LogP contribution in [0, 0.1) is 11.6 Å². The highest BCUT2D eigenvalue weighted by Crippen LogP contribution is 2.29. The minimum atomic E-state index is -4.38. The maximum Gasteiger partial charge on any atom is 0.327 e. The van der Waals surface area contributed by atoms with E-state index < -0.39 is 39.4 Å². The predicted molar refractivity (Wildman–Crippen MR) is 87.3 cm³/mol.